The summed E-state index contributed by atoms with van der Waals surface area (Å²) in [6.45, 7) is 1.82. The number of pyridine rings is 2. The average Bonchev–Trinajstić information content (AvgIpc) is 2.90. The molecule has 1 saturated heterocycles. The Bertz CT molecular complexity index is 1040. The molecule has 202 valence electrons. The van der Waals surface area contributed by atoms with Crippen LogP contribution in [0.15, 0.2) is 35.5 Å². The van der Waals surface area contributed by atoms with Gasteiger partial charge in [-0.25, -0.2) is 9.97 Å². The predicted molar refractivity (Wildman–Crippen MR) is 139 cm³/mol. The topological polar surface area (TPSA) is 91.7 Å². The summed E-state index contributed by atoms with van der Waals surface area (Å²) in [5.74, 6) is 2.18. The number of halogens is 4. The third-order valence-corrected chi connectivity index (χ3v) is 7.19. The van der Waals surface area contributed by atoms with Crippen LogP contribution >= 0.6 is 11.6 Å². The monoisotopic (exact) mass is 539 g/mol. The highest BCUT2D eigenvalue weighted by Gasteiger charge is 2.37. The van der Waals surface area contributed by atoms with E-state index in [-0.39, 0.29) is 12.0 Å². The Kier molecular flexibility index (Phi) is 9.61. The number of aliphatic hydroxyl groups is 1. The molecule has 7 nitrogen and oxygen atoms in total. The van der Waals surface area contributed by atoms with E-state index in [1.54, 1.807) is 12.4 Å². The molecule has 4 rings (SSSR count). The van der Waals surface area contributed by atoms with Crippen molar-refractivity contribution in [1.29, 1.82) is 0 Å². The van der Waals surface area contributed by atoms with Gasteiger partial charge in [-0.2, -0.15) is 13.2 Å². The molecule has 0 bridgehead atoms. The Morgan fingerprint density at radius 3 is 2.62 bits per heavy atom. The molecule has 1 aliphatic heterocycles. The van der Waals surface area contributed by atoms with Crippen molar-refractivity contribution in [2.24, 2.45) is 16.8 Å². The van der Waals surface area contributed by atoms with Crippen LogP contribution in [0.1, 0.15) is 38.5 Å². The summed E-state index contributed by atoms with van der Waals surface area (Å²) in [5, 5.41) is 16.5. The molecule has 0 unspecified atom stereocenters. The normalized spacial score (nSPS) is 22.2. The smallest absolute Gasteiger partial charge is 0.382 e. The highest BCUT2D eigenvalue weighted by atomic mass is 35.5. The average molecular weight is 540 g/mol. The number of rotatable bonds is 9. The maximum Gasteiger partial charge on any atom is 0.416 e. The van der Waals surface area contributed by atoms with E-state index in [1.165, 1.54) is 0 Å². The number of ether oxygens (including phenoxy) is 1. The molecule has 2 fully saturated rings. The van der Waals surface area contributed by atoms with Crippen LogP contribution in [-0.2, 0) is 4.74 Å². The van der Waals surface area contributed by atoms with E-state index in [2.05, 4.69) is 20.6 Å². The Labute approximate surface area is 219 Å². The van der Waals surface area contributed by atoms with Crippen LogP contribution in [0.3, 0.4) is 0 Å². The second kappa shape index (κ2) is 12.9. The van der Waals surface area contributed by atoms with Crippen molar-refractivity contribution >= 4 is 29.5 Å². The zero-order valence-electron chi connectivity index (χ0n) is 20.6. The van der Waals surface area contributed by atoms with E-state index >= 15 is 0 Å². The molecule has 2 aliphatic rings. The van der Waals surface area contributed by atoms with E-state index in [1.807, 2.05) is 24.3 Å². The molecule has 0 spiro atoms. The van der Waals surface area contributed by atoms with E-state index < -0.39 is 18.8 Å². The van der Waals surface area contributed by atoms with Gasteiger partial charge >= 0.3 is 6.18 Å². The minimum Gasteiger partial charge on any atom is -0.382 e. The van der Waals surface area contributed by atoms with Gasteiger partial charge in [0.05, 0.1) is 17.3 Å². The van der Waals surface area contributed by atoms with Crippen LogP contribution in [0, 0.1) is 11.8 Å². The number of nitrogens with one attached hydrogen (secondary N) is 2. The summed E-state index contributed by atoms with van der Waals surface area (Å²) in [7, 11) is 0. The zero-order chi connectivity index (χ0) is 26.3. The van der Waals surface area contributed by atoms with E-state index in [0.29, 0.717) is 16.8 Å². The summed E-state index contributed by atoms with van der Waals surface area (Å²) in [5.41, 5.74) is 1.55. The fourth-order valence-electron chi connectivity index (χ4n) is 4.63. The Hall–Kier alpha value is -2.43. The number of hydrogen-bond acceptors (Lipinski definition) is 7. The summed E-state index contributed by atoms with van der Waals surface area (Å²) >= 11 is 6.48. The first-order valence-corrected chi connectivity index (χ1v) is 13.1. The van der Waals surface area contributed by atoms with Crippen molar-refractivity contribution in [1.82, 2.24) is 9.97 Å². The van der Waals surface area contributed by atoms with Gasteiger partial charge in [0, 0.05) is 43.8 Å². The van der Waals surface area contributed by atoms with Gasteiger partial charge in [-0.1, -0.05) is 17.7 Å². The second-order valence-corrected chi connectivity index (χ2v) is 10.1. The van der Waals surface area contributed by atoms with Crippen molar-refractivity contribution in [2.75, 3.05) is 36.9 Å². The summed E-state index contributed by atoms with van der Waals surface area (Å²) in [6.07, 6.45) is 1.49. The van der Waals surface area contributed by atoms with Gasteiger partial charge in [-0.05, 0) is 68.6 Å². The van der Waals surface area contributed by atoms with Crippen molar-refractivity contribution in [3.63, 3.8) is 0 Å². The third kappa shape index (κ3) is 8.28. The standard InChI is InChI=1S/C26H33ClF3N5O2/c27-21-15-33-25(34-19-6-4-17(5-7-19)13-31-16-23(36)26(28,29)30)12-20(21)22-2-1-3-24(35-22)32-14-18-8-10-37-11-9-18/h1-3,12-13,15,17-19,23,36H,4-11,14,16H2,(H,32,35)(H,33,34)/t17?,19?,23-/m0/s1. The van der Waals surface area contributed by atoms with Crippen molar-refractivity contribution in [3.8, 4) is 11.3 Å². The first-order chi connectivity index (χ1) is 17.8. The summed E-state index contributed by atoms with van der Waals surface area (Å²) in [4.78, 5) is 13.0. The van der Waals surface area contributed by atoms with E-state index in [9.17, 15) is 13.2 Å². The highest BCUT2D eigenvalue weighted by molar-refractivity contribution is 6.33. The van der Waals surface area contributed by atoms with E-state index in [0.717, 1.165) is 75.4 Å². The minimum absolute atomic E-state index is 0.104. The molecular weight excluding hydrogens is 507 g/mol. The maximum absolute atomic E-state index is 12.4. The zero-order valence-corrected chi connectivity index (χ0v) is 21.3. The number of anilines is 2. The van der Waals surface area contributed by atoms with E-state index in [4.69, 9.17) is 26.4 Å². The van der Waals surface area contributed by atoms with Gasteiger partial charge in [0.15, 0.2) is 6.10 Å². The second-order valence-electron chi connectivity index (χ2n) is 9.72. The Balaban J connectivity index is 1.31. The lowest BCUT2D eigenvalue weighted by atomic mass is 9.87. The predicted octanol–water partition coefficient (Wildman–Crippen LogP) is 5.60. The first-order valence-electron chi connectivity index (χ1n) is 12.7. The maximum atomic E-state index is 12.4. The van der Waals surface area contributed by atoms with Crippen LogP contribution < -0.4 is 10.6 Å². The summed E-state index contributed by atoms with van der Waals surface area (Å²) in [6, 6.07) is 7.91. The first kappa shape index (κ1) is 27.6. The molecule has 11 heteroatoms. The fraction of sp³-hybridized carbons (Fsp3) is 0.577. The van der Waals surface area contributed by atoms with Crippen molar-refractivity contribution in [3.05, 3.63) is 35.5 Å². The van der Waals surface area contributed by atoms with Gasteiger partial charge in [0.2, 0.25) is 0 Å². The van der Waals surface area contributed by atoms with Crippen LogP contribution in [0.4, 0.5) is 24.8 Å². The highest BCUT2D eigenvalue weighted by Crippen LogP contribution is 2.31. The fourth-order valence-corrected chi connectivity index (χ4v) is 4.83. The molecule has 2 aromatic rings. The number of hydrogen-bond donors (Lipinski definition) is 3. The quantitative estimate of drug-likeness (QED) is 0.359. The van der Waals surface area contributed by atoms with Gasteiger partial charge in [0.25, 0.3) is 0 Å². The molecule has 0 radical (unpaired) electrons. The lowest BCUT2D eigenvalue weighted by Gasteiger charge is -2.27. The Morgan fingerprint density at radius 2 is 1.89 bits per heavy atom. The van der Waals surface area contributed by atoms with Crippen LogP contribution in [0.2, 0.25) is 5.02 Å². The molecule has 3 heterocycles. The third-order valence-electron chi connectivity index (χ3n) is 6.89. The molecule has 3 N–H and O–H groups in total. The van der Waals surface area contributed by atoms with Gasteiger partial charge < -0.3 is 20.5 Å². The molecule has 2 aromatic heterocycles. The Morgan fingerprint density at radius 1 is 1.14 bits per heavy atom. The number of nitrogens with zero attached hydrogens (tertiary/aromatic N) is 3. The minimum atomic E-state index is -4.64. The molecule has 0 amide bonds. The molecule has 0 aromatic carbocycles. The number of aliphatic hydroxyl groups excluding tert-OH is 1. The van der Waals surface area contributed by atoms with Crippen molar-refractivity contribution < 1.29 is 23.0 Å². The van der Waals surface area contributed by atoms with Gasteiger partial charge in [-0.3, -0.25) is 4.99 Å². The van der Waals surface area contributed by atoms with Gasteiger partial charge in [0.1, 0.15) is 11.6 Å². The lowest BCUT2D eigenvalue weighted by molar-refractivity contribution is -0.199. The molecule has 1 atom stereocenters. The molecule has 1 aliphatic carbocycles. The van der Waals surface area contributed by atoms with Crippen LogP contribution in [0.25, 0.3) is 11.3 Å². The largest absolute Gasteiger partial charge is 0.416 e. The number of aliphatic imine (C=N–C) groups is 1. The SMILES string of the molecule is O[C@@H](CN=CC1CCC(Nc2cc(-c3cccc(NCC4CCOCC4)n3)c(Cl)cn2)CC1)C(F)(F)F. The lowest BCUT2D eigenvalue weighted by Crippen LogP contribution is -2.31. The van der Waals surface area contributed by atoms with Crippen LogP contribution in [0.5, 0.6) is 0 Å². The van der Waals surface area contributed by atoms with Crippen LogP contribution in [-0.4, -0.2) is 65.9 Å². The number of aromatic nitrogens is 2. The molecule has 1 saturated carbocycles. The molecular formula is C26H33ClF3N5O2. The summed E-state index contributed by atoms with van der Waals surface area (Å²) < 4.78 is 42.6. The number of alkyl halides is 3. The van der Waals surface area contributed by atoms with Gasteiger partial charge in [-0.15, -0.1) is 0 Å². The molecule has 37 heavy (non-hydrogen) atoms. The van der Waals surface area contributed by atoms with Crippen molar-refractivity contribution in [2.45, 2.75) is 56.8 Å².